The van der Waals surface area contributed by atoms with Crippen molar-refractivity contribution >= 4 is 17.1 Å². The third-order valence-corrected chi connectivity index (χ3v) is 3.69. The molecule has 1 heterocycles. The van der Waals surface area contributed by atoms with Crippen LogP contribution in [0.3, 0.4) is 0 Å². The molecule has 0 fully saturated rings. The molecule has 0 saturated heterocycles. The Bertz CT molecular complexity index is 502. The van der Waals surface area contributed by atoms with Gasteiger partial charge in [0.2, 0.25) is 0 Å². The van der Waals surface area contributed by atoms with Gasteiger partial charge < -0.3 is 0 Å². The molecule has 0 saturated carbocycles. The Morgan fingerprint density at radius 2 is 2.00 bits per heavy atom. The van der Waals surface area contributed by atoms with Crippen molar-refractivity contribution in [3.05, 3.63) is 52.0 Å². The molecule has 0 amide bonds. The molecule has 2 nitrogen and oxygen atoms in total. The van der Waals surface area contributed by atoms with Gasteiger partial charge in [0.15, 0.2) is 5.78 Å². The highest BCUT2D eigenvalue weighted by Crippen LogP contribution is 2.20. The van der Waals surface area contributed by atoms with Crippen molar-refractivity contribution in [3.63, 3.8) is 0 Å². The molecule has 3 heteroatoms. The van der Waals surface area contributed by atoms with Crippen LogP contribution in [0.5, 0.6) is 0 Å². The van der Waals surface area contributed by atoms with Crippen LogP contribution in [0.15, 0.2) is 35.7 Å². The average Bonchev–Trinajstić information content (AvgIpc) is 2.79. The van der Waals surface area contributed by atoms with Gasteiger partial charge in [0.05, 0.1) is 17.1 Å². The van der Waals surface area contributed by atoms with E-state index in [2.05, 4.69) is 18.8 Å². The number of thiazole rings is 1. The smallest absolute Gasteiger partial charge is 0.168 e. The standard InChI is InChI=1S/C14H15NOS/c1-10(2)14-15-12(9-17-14)8-13(16)11-6-4-3-5-7-11/h3-7,9-10H,8H2,1-2H3. The quantitative estimate of drug-likeness (QED) is 0.769. The van der Waals surface area contributed by atoms with Crippen molar-refractivity contribution in [1.82, 2.24) is 4.98 Å². The first-order chi connectivity index (χ1) is 8.16. The van der Waals surface area contributed by atoms with E-state index in [4.69, 9.17) is 0 Å². The first-order valence-electron chi connectivity index (χ1n) is 5.69. The Morgan fingerprint density at radius 3 is 2.59 bits per heavy atom. The summed E-state index contributed by atoms with van der Waals surface area (Å²) in [5.41, 5.74) is 1.64. The Kier molecular flexibility index (Phi) is 3.69. The molecule has 0 aliphatic carbocycles. The van der Waals surface area contributed by atoms with E-state index in [0.717, 1.165) is 16.3 Å². The fourth-order valence-corrected chi connectivity index (χ4v) is 2.39. The van der Waals surface area contributed by atoms with E-state index in [-0.39, 0.29) is 5.78 Å². The number of Topliss-reactive ketones (excluding diaryl/α,β-unsaturated/α-hetero) is 1. The second kappa shape index (κ2) is 5.23. The average molecular weight is 245 g/mol. The van der Waals surface area contributed by atoms with E-state index in [0.29, 0.717) is 12.3 Å². The summed E-state index contributed by atoms with van der Waals surface area (Å²) in [5, 5.41) is 3.08. The maximum atomic E-state index is 12.0. The van der Waals surface area contributed by atoms with Gasteiger partial charge in [-0.3, -0.25) is 4.79 Å². The van der Waals surface area contributed by atoms with Gasteiger partial charge in [-0.15, -0.1) is 11.3 Å². The molecule has 1 aromatic carbocycles. The lowest BCUT2D eigenvalue weighted by molar-refractivity contribution is 0.0992. The van der Waals surface area contributed by atoms with Crippen molar-refractivity contribution < 1.29 is 4.79 Å². The van der Waals surface area contributed by atoms with Crippen LogP contribution in [0.4, 0.5) is 0 Å². The van der Waals surface area contributed by atoms with Crippen LogP contribution in [0, 0.1) is 0 Å². The number of carbonyl (C=O) groups excluding carboxylic acids is 1. The summed E-state index contributed by atoms with van der Waals surface area (Å²) >= 11 is 1.63. The van der Waals surface area contributed by atoms with E-state index in [1.165, 1.54) is 0 Å². The summed E-state index contributed by atoms with van der Waals surface area (Å²) in [6.45, 7) is 4.23. The number of hydrogen-bond donors (Lipinski definition) is 0. The lowest BCUT2D eigenvalue weighted by Gasteiger charge is -1.99. The molecule has 0 aliphatic heterocycles. The Labute approximate surface area is 105 Å². The van der Waals surface area contributed by atoms with Crippen molar-refractivity contribution in [2.45, 2.75) is 26.2 Å². The number of hydrogen-bond acceptors (Lipinski definition) is 3. The van der Waals surface area contributed by atoms with Crippen molar-refractivity contribution in [2.24, 2.45) is 0 Å². The van der Waals surface area contributed by atoms with E-state index >= 15 is 0 Å². The summed E-state index contributed by atoms with van der Waals surface area (Å²) in [6.07, 6.45) is 0.396. The van der Waals surface area contributed by atoms with Crippen LogP contribution in [-0.4, -0.2) is 10.8 Å². The number of rotatable bonds is 4. The normalized spacial score (nSPS) is 10.8. The summed E-state index contributed by atoms with van der Waals surface area (Å²) < 4.78 is 0. The van der Waals surface area contributed by atoms with Gasteiger partial charge in [0.25, 0.3) is 0 Å². The van der Waals surface area contributed by atoms with Crippen LogP contribution in [0.1, 0.15) is 40.8 Å². The summed E-state index contributed by atoms with van der Waals surface area (Å²) in [5.74, 6) is 0.562. The van der Waals surface area contributed by atoms with E-state index < -0.39 is 0 Å². The van der Waals surface area contributed by atoms with Gasteiger partial charge in [-0.1, -0.05) is 44.2 Å². The highest BCUT2D eigenvalue weighted by Gasteiger charge is 2.10. The van der Waals surface area contributed by atoms with Crippen LogP contribution in [0.2, 0.25) is 0 Å². The maximum absolute atomic E-state index is 12.0. The molecule has 0 bridgehead atoms. The summed E-state index contributed by atoms with van der Waals surface area (Å²) in [7, 11) is 0. The van der Waals surface area contributed by atoms with Crippen LogP contribution in [0.25, 0.3) is 0 Å². The molecule has 0 spiro atoms. The SMILES string of the molecule is CC(C)c1nc(CC(=O)c2ccccc2)cs1. The van der Waals surface area contributed by atoms with Crippen molar-refractivity contribution in [1.29, 1.82) is 0 Å². The fraction of sp³-hybridized carbons (Fsp3) is 0.286. The van der Waals surface area contributed by atoms with E-state index in [1.54, 1.807) is 11.3 Å². The molecule has 88 valence electrons. The van der Waals surface area contributed by atoms with Gasteiger partial charge in [-0.05, 0) is 0 Å². The van der Waals surface area contributed by atoms with Crippen LogP contribution < -0.4 is 0 Å². The van der Waals surface area contributed by atoms with E-state index in [9.17, 15) is 4.79 Å². The molecule has 0 unspecified atom stereocenters. The molecule has 2 rings (SSSR count). The predicted molar refractivity (Wildman–Crippen MR) is 70.7 cm³/mol. The minimum atomic E-state index is 0.131. The molecule has 0 N–H and O–H groups in total. The molecular weight excluding hydrogens is 230 g/mol. The van der Waals surface area contributed by atoms with Gasteiger partial charge in [-0.2, -0.15) is 0 Å². The molecule has 17 heavy (non-hydrogen) atoms. The third kappa shape index (κ3) is 3.01. The van der Waals surface area contributed by atoms with Crippen molar-refractivity contribution in [3.8, 4) is 0 Å². The lowest BCUT2D eigenvalue weighted by Crippen LogP contribution is -2.03. The second-order valence-corrected chi connectivity index (χ2v) is 5.19. The summed E-state index contributed by atoms with van der Waals surface area (Å²) in [4.78, 5) is 16.4. The van der Waals surface area contributed by atoms with Gasteiger partial charge in [0, 0.05) is 16.9 Å². The third-order valence-electron chi connectivity index (χ3n) is 2.50. The summed E-state index contributed by atoms with van der Waals surface area (Å²) in [6, 6.07) is 9.37. The predicted octanol–water partition coefficient (Wildman–Crippen LogP) is 3.69. The monoisotopic (exact) mass is 245 g/mol. The molecule has 2 aromatic rings. The van der Waals surface area contributed by atoms with Crippen LogP contribution in [-0.2, 0) is 6.42 Å². The zero-order valence-electron chi connectivity index (χ0n) is 10.0. The lowest BCUT2D eigenvalue weighted by atomic mass is 10.1. The number of nitrogens with zero attached hydrogens (tertiary/aromatic N) is 1. The molecule has 0 atom stereocenters. The Morgan fingerprint density at radius 1 is 1.29 bits per heavy atom. The first-order valence-corrected chi connectivity index (χ1v) is 6.57. The van der Waals surface area contributed by atoms with E-state index in [1.807, 2.05) is 35.7 Å². The fourth-order valence-electron chi connectivity index (χ4n) is 1.56. The second-order valence-electron chi connectivity index (χ2n) is 4.30. The number of benzene rings is 1. The maximum Gasteiger partial charge on any atom is 0.168 e. The Hall–Kier alpha value is -1.48. The largest absolute Gasteiger partial charge is 0.294 e. The van der Waals surface area contributed by atoms with Crippen LogP contribution >= 0.6 is 11.3 Å². The molecular formula is C14H15NOS. The molecule has 1 aromatic heterocycles. The van der Waals surface area contributed by atoms with Gasteiger partial charge in [0.1, 0.15) is 0 Å². The highest BCUT2D eigenvalue weighted by molar-refractivity contribution is 7.09. The minimum Gasteiger partial charge on any atom is -0.294 e. The topological polar surface area (TPSA) is 30.0 Å². The first kappa shape index (κ1) is 12.0. The molecule has 0 aliphatic rings. The number of aromatic nitrogens is 1. The Balaban J connectivity index is 2.08. The molecule has 0 radical (unpaired) electrons. The zero-order valence-corrected chi connectivity index (χ0v) is 10.8. The van der Waals surface area contributed by atoms with Gasteiger partial charge in [-0.25, -0.2) is 4.98 Å². The zero-order chi connectivity index (χ0) is 12.3. The number of ketones is 1. The van der Waals surface area contributed by atoms with Crippen molar-refractivity contribution in [2.75, 3.05) is 0 Å². The minimum absolute atomic E-state index is 0.131. The number of carbonyl (C=O) groups is 1. The highest BCUT2D eigenvalue weighted by atomic mass is 32.1. The van der Waals surface area contributed by atoms with Gasteiger partial charge >= 0.3 is 0 Å².